The van der Waals surface area contributed by atoms with Gasteiger partial charge in [0.25, 0.3) is 5.91 Å². The SMILES string of the molecule is Cc1c(C(=O)NC(C)C)[nH]c2c1C[C@@H]1[C@@H]3Cc4ccc(OC(C)CC(=O)NC(C)C)c5c4[C@@]1(CCN3C)[C@H]2O5.Cl. The highest BCUT2D eigenvalue weighted by Gasteiger charge is 2.65. The van der Waals surface area contributed by atoms with Gasteiger partial charge in [-0.2, -0.15) is 0 Å². The predicted octanol–water partition coefficient (Wildman–Crippen LogP) is 4.37. The van der Waals surface area contributed by atoms with Crippen LogP contribution in [-0.2, 0) is 23.1 Å². The highest BCUT2D eigenvalue weighted by Crippen LogP contribution is 2.67. The van der Waals surface area contributed by atoms with Gasteiger partial charge in [0.1, 0.15) is 17.9 Å². The number of aromatic amines is 1. The average Bonchev–Trinajstić information content (AvgIpc) is 3.36. The number of amides is 2. The molecule has 1 aromatic carbocycles. The molecule has 0 radical (unpaired) electrons. The maximum Gasteiger partial charge on any atom is 0.268 e. The molecule has 218 valence electrons. The normalized spacial score (nSPS) is 26.4. The standard InChI is InChI=1S/C31H42N4O4.ClH/c1-15(2)32-24(36)12-17(5)38-23-9-8-19-13-22-21-14-20-18(6)26(30(37)33-16(3)4)34-27(20)29-31(21,10-11-35(22)7)25(19)28(23)39-29;/h8-9,15-17,21-22,29,34H,10-14H2,1-7H3,(H,32,36)(H,33,37);1H/t17?,21-,22+,29+,31+;/m1./s1. The van der Waals surface area contributed by atoms with Crippen molar-refractivity contribution in [2.75, 3.05) is 13.6 Å². The van der Waals surface area contributed by atoms with E-state index in [0.717, 1.165) is 42.8 Å². The maximum absolute atomic E-state index is 13.1. The van der Waals surface area contributed by atoms with E-state index in [2.05, 4.69) is 40.6 Å². The van der Waals surface area contributed by atoms with Crippen LogP contribution in [0, 0.1) is 12.8 Å². The lowest BCUT2D eigenvalue weighted by atomic mass is 9.51. The van der Waals surface area contributed by atoms with Gasteiger partial charge in [-0.1, -0.05) is 6.07 Å². The molecule has 2 aliphatic heterocycles. The molecule has 2 aromatic rings. The van der Waals surface area contributed by atoms with Crippen molar-refractivity contribution in [2.45, 2.75) is 103 Å². The number of halogens is 1. The number of nitrogens with one attached hydrogen (secondary N) is 3. The number of H-pyrrole nitrogens is 1. The molecule has 5 atom stereocenters. The van der Waals surface area contributed by atoms with Gasteiger partial charge in [0, 0.05) is 29.1 Å². The molecule has 1 fully saturated rings. The van der Waals surface area contributed by atoms with Crippen molar-refractivity contribution in [2.24, 2.45) is 5.92 Å². The summed E-state index contributed by atoms with van der Waals surface area (Å²) in [5.41, 5.74) is 6.42. The lowest BCUT2D eigenvalue weighted by Gasteiger charge is -2.57. The molecular formula is C31H43ClN4O4. The molecule has 6 rings (SSSR count). The van der Waals surface area contributed by atoms with E-state index < -0.39 is 0 Å². The van der Waals surface area contributed by atoms with E-state index in [1.807, 2.05) is 40.7 Å². The zero-order valence-electron chi connectivity index (χ0n) is 24.6. The monoisotopic (exact) mass is 570 g/mol. The molecule has 1 spiro atoms. The molecule has 1 unspecified atom stereocenters. The molecule has 2 bridgehead atoms. The fourth-order valence-electron chi connectivity index (χ4n) is 7.83. The van der Waals surface area contributed by atoms with E-state index in [0.29, 0.717) is 23.4 Å². The number of carbonyl (C=O) groups excluding carboxylic acids is 2. The zero-order valence-corrected chi connectivity index (χ0v) is 25.5. The summed E-state index contributed by atoms with van der Waals surface area (Å²) in [7, 11) is 2.25. The van der Waals surface area contributed by atoms with Crippen molar-refractivity contribution < 1.29 is 19.1 Å². The smallest absolute Gasteiger partial charge is 0.268 e. The Labute approximate surface area is 243 Å². The van der Waals surface area contributed by atoms with Gasteiger partial charge in [-0.3, -0.25) is 9.59 Å². The molecule has 0 saturated carbocycles. The first-order valence-electron chi connectivity index (χ1n) is 14.5. The number of hydrogen-bond acceptors (Lipinski definition) is 5. The number of piperidine rings is 1. The Morgan fingerprint density at radius 2 is 1.88 bits per heavy atom. The van der Waals surface area contributed by atoms with Crippen LogP contribution in [0.1, 0.15) is 92.0 Å². The van der Waals surface area contributed by atoms with E-state index in [4.69, 9.17) is 9.47 Å². The molecule has 8 nitrogen and oxygen atoms in total. The summed E-state index contributed by atoms with van der Waals surface area (Å²) in [4.78, 5) is 31.6. The van der Waals surface area contributed by atoms with Gasteiger partial charge in [0.05, 0.1) is 12.1 Å². The Balaban J connectivity index is 0.00000323. The van der Waals surface area contributed by atoms with Gasteiger partial charge < -0.3 is 30.0 Å². The molecule has 2 amide bonds. The minimum absolute atomic E-state index is 0. The third-order valence-corrected chi connectivity index (χ3v) is 9.37. The fraction of sp³-hybridized carbons (Fsp3) is 0.613. The summed E-state index contributed by atoms with van der Waals surface area (Å²) in [5.74, 6) is 1.85. The zero-order chi connectivity index (χ0) is 27.8. The molecule has 3 N–H and O–H groups in total. The van der Waals surface area contributed by atoms with Crippen molar-refractivity contribution >= 4 is 24.2 Å². The number of likely N-dealkylation sites (N-methyl/N-ethyl adjacent to an activating group) is 1. The second kappa shape index (κ2) is 10.3. The molecule has 3 heterocycles. The van der Waals surface area contributed by atoms with Crippen molar-refractivity contribution in [1.29, 1.82) is 0 Å². The number of hydrogen-bond donors (Lipinski definition) is 3. The quantitative estimate of drug-likeness (QED) is 0.459. The van der Waals surface area contributed by atoms with Gasteiger partial charge >= 0.3 is 0 Å². The molecule has 9 heteroatoms. The minimum atomic E-state index is -0.291. The first-order valence-corrected chi connectivity index (χ1v) is 14.5. The van der Waals surface area contributed by atoms with Gasteiger partial charge in [-0.05, 0) is 103 Å². The van der Waals surface area contributed by atoms with Crippen LogP contribution in [0.25, 0.3) is 0 Å². The number of fused-ring (bicyclic) bond motifs is 2. The third-order valence-electron chi connectivity index (χ3n) is 9.37. The Morgan fingerprint density at radius 3 is 2.58 bits per heavy atom. The number of benzene rings is 1. The van der Waals surface area contributed by atoms with Gasteiger partial charge in [0.2, 0.25) is 5.91 Å². The first-order chi connectivity index (χ1) is 18.5. The molecule has 1 saturated heterocycles. The average molecular weight is 571 g/mol. The maximum atomic E-state index is 13.1. The van der Waals surface area contributed by atoms with Crippen LogP contribution in [0.4, 0.5) is 0 Å². The van der Waals surface area contributed by atoms with Crippen molar-refractivity contribution in [3.05, 3.63) is 45.8 Å². The topological polar surface area (TPSA) is 95.7 Å². The number of likely N-dealkylation sites (tertiary alicyclic amines) is 1. The van der Waals surface area contributed by atoms with Crippen molar-refractivity contribution in [3.8, 4) is 11.5 Å². The third kappa shape index (κ3) is 4.30. The fourth-order valence-corrected chi connectivity index (χ4v) is 7.83. The minimum Gasteiger partial charge on any atom is -0.486 e. The number of nitrogens with zero attached hydrogens (tertiary/aromatic N) is 1. The summed E-state index contributed by atoms with van der Waals surface area (Å²) in [6.45, 7) is 12.9. The van der Waals surface area contributed by atoms with Crippen LogP contribution < -0.4 is 20.1 Å². The molecule has 40 heavy (non-hydrogen) atoms. The second-order valence-electron chi connectivity index (χ2n) is 12.8. The Morgan fingerprint density at radius 1 is 1.15 bits per heavy atom. The summed E-state index contributed by atoms with van der Waals surface area (Å²) in [6, 6.07) is 4.81. The highest BCUT2D eigenvalue weighted by atomic mass is 35.5. The highest BCUT2D eigenvalue weighted by molar-refractivity contribution is 5.94. The largest absolute Gasteiger partial charge is 0.486 e. The number of ether oxygens (including phenoxy) is 2. The second-order valence-corrected chi connectivity index (χ2v) is 12.8. The van der Waals surface area contributed by atoms with E-state index >= 15 is 0 Å². The van der Waals surface area contributed by atoms with Crippen LogP contribution in [0.5, 0.6) is 11.5 Å². The molecule has 2 aliphatic carbocycles. The Bertz CT molecular complexity index is 1340. The van der Waals surface area contributed by atoms with E-state index in [-0.39, 0.29) is 60.3 Å². The van der Waals surface area contributed by atoms with Crippen LogP contribution in [0.3, 0.4) is 0 Å². The van der Waals surface area contributed by atoms with E-state index in [1.54, 1.807) is 0 Å². The number of aromatic nitrogens is 1. The molecule has 1 aromatic heterocycles. The summed E-state index contributed by atoms with van der Waals surface area (Å²) in [6.07, 6.45) is 2.70. The van der Waals surface area contributed by atoms with Crippen molar-refractivity contribution in [3.63, 3.8) is 0 Å². The summed E-state index contributed by atoms with van der Waals surface area (Å²) in [5, 5.41) is 6.01. The summed E-state index contributed by atoms with van der Waals surface area (Å²) < 4.78 is 13.4. The lowest BCUT2D eigenvalue weighted by molar-refractivity contribution is -0.123. The molecular weight excluding hydrogens is 528 g/mol. The van der Waals surface area contributed by atoms with Crippen LogP contribution >= 0.6 is 12.4 Å². The van der Waals surface area contributed by atoms with Crippen molar-refractivity contribution in [1.82, 2.24) is 20.5 Å². The predicted molar refractivity (Wildman–Crippen MR) is 157 cm³/mol. The summed E-state index contributed by atoms with van der Waals surface area (Å²) >= 11 is 0. The Hall–Kier alpha value is -2.71. The Kier molecular flexibility index (Phi) is 7.41. The van der Waals surface area contributed by atoms with Crippen LogP contribution in [0.15, 0.2) is 12.1 Å². The van der Waals surface area contributed by atoms with Crippen LogP contribution in [-0.4, -0.2) is 59.5 Å². The van der Waals surface area contributed by atoms with Gasteiger partial charge in [-0.25, -0.2) is 0 Å². The van der Waals surface area contributed by atoms with E-state index in [9.17, 15) is 9.59 Å². The molecule has 4 aliphatic rings. The first kappa shape index (κ1) is 28.8. The number of rotatable bonds is 7. The lowest BCUT2D eigenvalue weighted by Crippen LogP contribution is -2.62. The number of carbonyl (C=O) groups is 2. The van der Waals surface area contributed by atoms with Gasteiger partial charge in [0.15, 0.2) is 11.5 Å². The van der Waals surface area contributed by atoms with Gasteiger partial charge in [-0.15, -0.1) is 12.4 Å². The van der Waals surface area contributed by atoms with Crippen LogP contribution in [0.2, 0.25) is 0 Å². The van der Waals surface area contributed by atoms with E-state index in [1.165, 1.54) is 16.7 Å².